The second-order valence-corrected chi connectivity index (χ2v) is 3.24. The van der Waals surface area contributed by atoms with Crippen LogP contribution < -0.4 is 10.5 Å². The van der Waals surface area contributed by atoms with Gasteiger partial charge in [0, 0.05) is 11.6 Å². The summed E-state index contributed by atoms with van der Waals surface area (Å²) in [4.78, 5) is 0. The molecular weight excluding hydrogens is 237 g/mol. The molecule has 4 nitrogen and oxygen atoms in total. The van der Waals surface area contributed by atoms with Crippen LogP contribution >= 0.6 is 0 Å². The lowest BCUT2D eigenvalue weighted by Crippen LogP contribution is -2.17. The Morgan fingerprint density at radius 1 is 1.47 bits per heavy atom. The predicted molar refractivity (Wildman–Crippen MR) is 51.9 cm³/mol. The normalized spacial score (nSPS) is 12.9. The van der Waals surface area contributed by atoms with E-state index in [0.29, 0.717) is 0 Å². The molecule has 1 rings (SSSR count). The van der Waals surface area contributed by atoms with E-state index in [1.807, 2.05) is 0 Å². The summed E-state index contributed by atoms with van der Waals surface area (Å²) in [5.41, 5.74) is 5.56. The van der Waals surface area contributed by atoms with Crippen LogP contribution in [0.15, 0.2) is 18.2 Å². The molecule has 0 saturated carbocycles. The molecule has 0 aliphatic rings. The largest absolute Gasteiger partial charge is 0.573 e. The van der Waals surface area contributed by atoms with Crippen LogP contribution in [0.5, 0.6) is 11.5 Å². The Morgan fingerprint density at radius 3 is 2.65 bits per heavy atom. The zero-order valence-electron chi connectivity index (χ0n) is 8.53. The van der Waals surface area contributed by atoms with Crippen molar-refractivity contribution in [3.63, 3.8) is 0 Å². The highest BCUT2D eigenvalue weighted by molar-refractivity contribution is 5.41. The minimum absolute atomic E-state index is 0.0355. The molecule has 0 amide bonds. The lowest BCUT2D eigenvalue weighted by atomic mass is 10.0. The van der Waals surface area contributed by atoms with Gasteiger partial charge in [-0.2, -0.15) is 5.26 Å². The van der Waals surface area contributed by atoms with Crippen LogP contribution in [0.1, 0.15) is 18.0 Å². The van der Waals surface area contributed by atoms with Crippen molar-refractivity contribution in [3.8, 4) is 17.6 Å². The Kier molecular flexibility index (Phi) is 3.81. The third-order valence-corrected chi connectivity index (χ3v) is 1.94. The SMILES string of the molecule is N#CC[C@@H](N)c1cc(OC(F)(F)F)ccc1O. The van der Waals surface area contributed by atoms with E-state index in [-0.39, 0.29) is 17.7 Å². The molecule has 0 aromatic heterocycles. The minimum atomic E-state index is -4.81. The second-order valence-electron chi connectivity index (χ2n) is 3.24. The molecule has 92 valence electrons. The number of phenolic OH excluding ortho intramolecular Hbond substituents is 1. The van der Waals surface area contributed by atoms with E-state index in [9.17, 15) is 18.3 Å². The first kappa shape index (κ1) is 13.1. The molecule has 0 bridgehead atoms. The lowest BCUT2D eigenvalue weighted by molar-refractivity contribution is -0.274. The van der Waals surface area contributed by atoms with Crippen LogP contribution in [-0.4, -0.2) is 11.5 Å². The summed E-state index contributed by atoms with van der Waals surface area (Å²) in [5.74, 6) is -0.763. The van der Waals surface area contributed by atoms with E-state index in [1.54, 1.807) is 6.07 Å². The van der Waals surface area contributed by atoms with Crippen molar-refractivity contribution in [2.75, 3.05) is 0 Å². The summed E-state index contributed by atoms with van der Waals surface area (Å²) in [6, 6.07) is 3.86. The number of halogens is 3. The quantitative estimate of drug-likeness (QED) is 0.856. The molecular formula is C10H9F3N2O2. The van der Waals surface area contributed by atoms with Crippen LogP contribution in [0.4, 0.5) is 13.2 Å². The minimum Gasteiger partial charge on any atom is -0.508 e. The molecule has 0 heterocycles. The Labute approximate surface area is 95.0 Å². The van der Waals surface area contributed by atoms with Gasteiger partial charge in [0.1, 0.15) is 11.5 Å². The van der Waals surface area contributed by atoms with Gasteiger partial charge in [0.25, 0.3) is 0 Å². The summed E-state index contributed by atoms with van der Waals surface area (Å²) >= 11 is 0. The Hall–Kier alpha value is -1.94. The predicted octanol–water partition coefficient (Wildman–Crippen LogP) is 2.20. The van der Waals surface area contributed by atoms with Crippen molar-refractivity contribution < 1.29 is 23.0 Å². The van der Waals surface area contributed by atoms with Crippen LogP contribution in [-0.2, 0) is 0 Å². The van der Waals surface area contributed by atoms with Crippen LogP contribution in [0.25, 0.3) is 0 Å². The molecule has 0 radical (unpaired) electrons. The van der Waals surface area contributed by atoms with Crippen LogP contribution in [0.3, 0.4) is 0 Å². The Morgan fingerprint density at radius 2 is 2.12 bits per heavy atom. The van der Waals surface area contributed by atoms with E-state index in [2.05, 4.69) is 4.74 Å². The second kappa shape index (κ2) is 4.93. The molecule has 0 spiro atoms. The number of hydrogen-bond donors (Lipinski definition) is 2. The van der Waals surface area contributed by atoms with Crippen LogP contribution in [0, 0.1) is 11.3 Å². The zero-order chi connectivity index (χ0) is 13.1. The maximum Gasteiger partial charge on any atom is 0.573 e. The van der Waals surface area contributed by atoms with Crippen molar-refractivity contribution in [1.82, 2.24) is 0 Å². The average Bonchev–Trinajstić information content (AvgIpc) is 2.19. The van der Waals surface area contributed by atoms with Crippen LogP contribution in [0.2, 0.25) is 0 Å². The van der Waals surface area contributed by atoms with E-state index in [4.69, 9.17) is 11.0 Å². The van der Waals surface area contributed by atoms with Gasteiger partial charge in [0.15, 0.2) is 0 Å². The Bertz CT molecular complexity index is 440. The van der Waals surface area contributed by atoms with Gasteiger partial charge in [-0.3, -0.25) is 0 Å². The number of alkyl halides is 3. The number of benzene rings is 1. The number of nitrogens with two attached hydrogens (primary N) is 1. The zero-order valence-corrected chi connectivity index (χ0v) is 8.53. The summed E-state index contributed by atoms with van der Waals surface area (Å²) in [5, 5.41) is 17.8. The van der Waals surface area contributed by atoms with Gasteiger partial charge < -0.3 is 15.6 Å². The third-order valence-electron chi connectivity index (χ3n) is 1.94. The van der Waals surface area contributed by atoms with Gasteiger partial charge in [0.05, 0.1) is 12.5 Å². The summed E-state index contributed by atoms with van der Waals surface area (Å²) in [6.07, 6.45) is -4.93. The third kappa shape index (κ3) is 3.85. The van der Waals surface area contributed by atoms with Gasteiger partial charge in [-0.15, -0.1) is 13.2 Å². The molecule has 1 atom stereocenters. The first-order valence-corrected chi connectivity index (χ1v) is 4.54. The van der Waals surface area contributed by atoms with E-state index >= 15 is 0 Å². The molecule has 1 aromatic carbocycles. The van der Waals surface area contributed by atoms with E-state index < -0.39 is 18.2 Å². The Balaban J connectivity index is 2.99. The maximum absolute atomic E-state index is 12.0. The fourth-order valence-corrected chi connectivity index (χ4v) is 1.24. The molecule has 0 aliphatic carbocycles. The number of rotatable bonds is 3. The molecule has 17 heavy (non-hydrogen) atoms. The van der Waals surface area contributed by atoms with Crippen molar-refractivity contribution in [3.05, 3.63) is 23.8 Å². The smallest absolute Gasteiger partial charge is 0.508 e. The highest BCUT2D eigenvalue weighted by atomic mass is 19.4. The van der Waals surface area contributed by atoms with Gasteiger partial charge in [0.2, 0.25) is 0 Å². The molecule has 1 aromatic rings. The van der Waals surface area contributed by atoms with Gasteiger partial charge in [-0.25, -0.2) is 0 Å². The van der Waals surface area contributed by atoms with E-state index in [1.165, 1.54) is 0 Å². The van der Waals surface area contributed by atoms with Crippen molar-refractivity contribution in [2.24, 2.45) is 5.73 Å². The maximum atomic E-state index is 12.0. The number of ether oxygens (including phenoxy) is 1. The van der Waals surface area contributed by atoms with Crippen molar-refractivity contribution in [2.45, 2.75) is 18.8 Å². The lowest BCUT2D eigenvalue weighted by Gasteiger charge is -2.13. The first-order valence-electron chi connectivity index (χ1n) is 4.54. The van der Waals surface area contributed by atoms with Gasteiger partial charge in [-0.1, -0.05) is 0 Å². The highest BCUT2D eigenvalue weighted by Gasteiger charge is 2.31. The highest BCUT2D eigenvalue weighted by Crippen LogP contribution is 2.31. The molecule has 7 heteroatoms. The number of aromatic hydroxyl groups is 1. The average molecular weight is 246 g/mol. The number of nitrogens with zero attached hydrogens (tertiary/aromatic N) is 1. The monoisotopic (exact) mass is 246 g/mol. The van der Waals surface area contributed by atoms with Gasteiger partial charge in [-0.05, 0) is 18.2 Å². The molecule has 0 aliphatic heterocycles. The standard InChI is InChI=1S/C10H9F3N2O2/c11-10(12,13)17-6-1-2-9(16)7(5-6)8(15)3-4-14/h1-2,5,8,16H,3,15H2/t8-/m1/s1. The van der Waals surface area contributed by atoms with E-state index in [0.717, 1.165) is 18.2 Å². The fraction of sp³-hybridized carbons (Fsp3) is 0.300. The fourth-order valence-electron chi connectivity index (χ4n) is 1.24. The number of nitriles is 1. The number of phenols is 1. The molecule has 0 saturated heterocycles. The van der Waals surface area contributed by atoms with Crippen molar-refractivity contribution >= 4 is 0 Å². The summed E-state index contributed by atoms with van der Waals surface area (Å²) in [7, 11) is 0. The summed E-state index contributed by atoms with van der Waals surface area (Å²) < 4.78 is 39.5. The summed E-state index contributed by atoms with van der Waals surface area (Å²) in [6.45, 7) is 0. The van der Waals surface area contributed by atoms with Crippen molar-refractivity contribution in [1.29, 1.82) is 5.26 Å². The van der Waals surface area contributed by atoms with Gasteiger partial charge >= 0.3 is 6.36 Å². The number of hydrogen-bond acceptors (Lipinski definition) is 4. The topological polar surface area (TPSA) is 79.3 Å². The molecule has 0 fully saturated rings. The first-order chi connectivity index (χ1) is 7.83. The molecule has 3 N–H and O–H groups in total. The molecule has 0 unspecified atom stereocenters.